The van der Waals surface area contributed by atoms with E-state index in [-0.39, 0.29) is 17.1 Å². The maximum atomic E-state index is 15.5. The zero-order valence-corrected chi connectivity index (χ0v) is 23.1. The Bertz CT molecular complexity index is 1830. The number of halogens is 2. The summed E-state index contributed by atoms with van der Waals surface area (Å²) in [4.78, 5) is 15.5. The summed E-state index contributed by atoms with van der Waals surface area (Å²) in [5, 5.41) is 0.897. The Labute approximate surface area is 231 Å². The first-order chi connectivity index (χ1) is 18.5. The number of sulfone groups is 1. The van der Waals surface area contributed by atoms with Gasteiger partial charge in [0.2, 0.25) is 0 Å². The van der Waals surface area contributed by atoms with Gasteiger partial charge in [-0.1, -0.05) is 60.1 Å². The summed E-state index contributed by atoms with van der Waals surface area (Å²) in [5.74, 6) is -0.800. The maximum absolute atomic E-state index is 15.5. The minimum atomic E-state index is -3.26. The minimum Gasteiger partial charge on any atom is -0.465 e. The fourth-order valence-corrected chi connectivity index (χ4v) is 5.53. The lowest BCUT2D eigenvalue weighted by Gasteiger charge is -2.08. The highest BCUT2D eigenvalue weighted by Crippen LogP contribution is 2.35. The first-order valence-corrected chi connectivity index (χ1v) is 14.4. The average Bonchev–Trinajstić information content (AvgIpc) is 3.22. The Morgan fingerprint density at radius 2 is 1.54 bits per heavy atom. The van der Waals surface area contributed by atoms with Crippen molar-refractivity contribution in [1.82, 2.24) is 4.98 Å². The van der Waals surface area contributed by atoms with Crippen molar-refractivity contribution in [2.75, 3.05) is 13.4 Å². The standard InChI is InChI=1S/C31H25ClFNO4S/c1-18-4-5-19(14-24(18)31(35)38-2)15-29-30(33)26-16-25(27(32)17-28(26)34-29)22-8-6-20(7-9-22)21-10-12-23(13-11-21)39(3,36)37/h4-14,16-17,34H,15H2,1-3H3. The Hall–Kier alpha value is -3.94. The molecule has 39 heavy (non-hydrogen) atoms. The Balaban J connectivity index is 1.45. The van der Waals surface area contributed by atoms with Crippen molar-refractivity contribution in [3.63, 3.8) is 0 Å². The predicted molar refractivity (Wildman–Crippen MR) is 153 cm³/mol. The molecule has 0 bridgehead atoms. The van der Waals surface area contributed by atoms with Crippen molar-refractivity contribution in [3.8, 4) is 22.3 Å². The van der Waals surface area contributed by atoms with Crippen LogP contribution < -0.4 is 0 Å². The van der Waals surface area contributed by atoms with E-state index in [0.717, 1.165) is 27.8 Å². The first-order valence-electron chi connectivity index (χ1n) is 12.1. The fraction of sp³-hybridized carbons (Fsp3) is 0.129. The lowest BCUT2D eigenvalue weighted by molar-refractivity contribution is 0.0599. The van der Waals surface area contributed by atoms with Crippen molar-refractivity contribution in [3.05, 3.63) is 112 Å². The number of nitrogens with one attached hydrogen (secondary N) is 1. The van der Waals surface area contributed by atoms with E-state index in [9.17, 15) is 13.2 Å². The van der Waals surface area contributed by atoms with Gasteiger partial charge >= 0.3 is 5.97 Å². The Morgan fingerprint density at radius 3 is 2.15 bits per heavy atom. The molecular weight excluding hydrogens is 537 g/mol. The van der Waals surface area contributed by atoms with Crippen LogP contribution in [-0.2, 0) is 21.0 Å². The van der Waals surface area contributed by atoms with Crippen molar-refractivity contribution in [2.24, 2.45) is 0 Å². The number of methoxy groups -OCH3 is 1. The number of hydrogen-bond acceptors (Lipinski definition) is 4. The van der Waals surface area contributed by atoms with Crippen LogP contribution in [0.15, 0.2) is 83.8 Å². The van der Waals surface area contributed by atoms with Gasteiger partial charge in [0.05, 0.1) is 33.8 Å². The summed E-state index contributed by atoms with van der Waals surface area (Å²) in [7, 11) is -1.93. The molecule has 0 atom stereocenters. The molecule has 8 heteroatoms. The molecule has 0 radical (unpaired) electrons. The van der Waals surface area contributed by atoms with E-state index >= 15 is 4.39 Å². The third-order valence-corrected chi connectivity index (χ3v) is 8.24. The molecule has 1 heterocycles. The molecule has 1 N–H and O–H groups in total. The number of carbonyl (C=O) groups excluding carboxylic acids is 1. The molecule has 0 aliphatic heterocycles. The van der Waals surface area contributed by atoms with Gasteiger partial charge in [0, 0.05) is 23.6 Å². The molecule has 5 rings (SSSR count). The highest BCUT2D eigenvalue weighted by molar-refractivity contribution is 7.90. The number of benzene rings is 4. The topological polar surface area (TPSA) is 76.2 Å². The lowest BCUT2D eigenvalue weighted by atomic mass is 9.99. The van der Waals surface area contributed by atoms with Gasteiger partial charge in [-0.25, -0.2) is 17.6 Å². The van der Waals surface area contributed by atoms with Gasteiger partial charge in [0.1, 0.15) is 0 Å². The van der Waals surface area contributed by atoms with Gasteiger partial charge in [0.15, 0.2) is 15.7 Å². The molecule has 0 amide bonds. The van der Waals surface area contributed by atoms with Crippen molar-refractivity contribution >= 4 is 38.3 Å². The molecule has 0 fully saturated rings. The molecule has 0 saturated heterocycles. The molecule has 0 spiro atoms. The molecule has 0 aliphatic rings. The number of rotatable bonds is 6. The molecule has 0 saturated carbocycles. The minimum absolute atomic E-state index is 0.266. The number of hydrogen-bond donors (Lipinski definition) is 1. The van der Waals surface area contributed by atoms with E-state index in [1.54, 1.807) is 42.5 Å². The van der Waals surface area contributed by atoms with E-state index in [2.05, 4.69) is 4.98 Å². The third-order valence-electron chi connectivity index (χ3n) is 6.79. The molecule has 0 aliphatic carbocycles. The van der Waals surface area contributed by atoms with Gasteiger partial charge in [-0.05, 0) is 65.1 Å². The Morgan fingerprint density at radius 1 is 0.923 bits per heavy atom. The first kappa shape index (κ1) is 26.7. The third kappa shape index (κ3) is 5.33. The second-order valence-corrected chi connectivity index (χ2v) is 11.9. The highest BCUT2D eigenvalue weighted by Gasteiger charge is 2.17. The van der Waals surface area contributed by atoms with E-state index < -0.39 is 15.8 Å². The van der Waals surface area contributed by atoms with E-state index in [1.165, 1.54) is 13.4 Å². The normalized spacial score (nSPS) is 11.6. The average molecular weight is 562 g/mol. The number of aromatic amines is 1. The summed E-state index contributed by atoms with van der Waals surface area (Å²) >= 11 is 6.61. The Kier molecular flexibility index (Phi) is 7.05. The largest absolute Gasteiger partial charge is 0.465 e. The number of aryl methyl sites for hydroxylation is 1. The quantitative estimate of drug-likeness (QED) is 0.219. The molecule has 0 unspecified atom stereocenters. The van der Waals surface area contributed by atoms with E-state index in [0.29, 0.717) is 32.7 Å². The van der Waals surface area contributed by atoms with Gasteiger partial charge in [-0.3, -0.25) is 0 Å². The van der Waals surface area contributed by atoms with Crippen molar-refractivity contribution in [1.29, 1.82) is 0 Å². The maximum Gasteiger partial charge on any atom is 0.338 e. The van der Waals surface area contributed by atoms with Crippen LogP contribution in [0.4, 0.5) is 4.39 Å². The van der Waals surface area contributed by atoms with Crippen molar-refractivity contribution in [2.45, 2.75) is 18.2 Å². The molecule has 4 aromatic carbocycles. The van der Waals surface area contributed by atoms with Crippen LogP contribution in [0.2, 0.25) is 5.02 Å². The summed E-state index contributed by atoms with van der Waals surface area (Å²) in [6, 6.07) is 23.2. The second-order valence-electron chi connectivity index (χ2n) is 9.49. The van der Waals surface area contributed by atoms with E-state index in [1.807, 2.05) is 43.3 Å². The smallest absolute Gasteiger partial charge is 0.338 e. The molecule has 5 aromatic rings. The molecule has 198 valence electrons. The number of aromatic nitrogens is 1. The van der Waals surface area contributed by atoms with Crippen LogP contribution >= 0.6 is 11.6 Å². The summed E-state index contributed by atoms with van der Waals surface area (Å²) in [6.07, 6.45) is 1.45. The van der Waals surface area contributed by atoms with Crippen LogP contribution in [0.3, 0.4) is 0 Å². The summed E-state index contributed by atoms with van der Waals surface area (Å²) in [6.45, 7) is 1.82. The van der Waals surface area contributed by atoms with Crippen LogP contribution in [-0.4, -0.2) is 32.7 Å². The van der Waals surface area contributed by atoms with Crippen LogP contribution in [0.5, 0.6) is 0 Å². The van der Waals surface area contributed by atoms with Gasteiger partial charge in [-0.15, -0.1) is 0 Å². The fourth-order valence-electron chi connectivity index (χ4n) is 4.63. The zero-order chi connectivity index (χ0) is 27.9. The van der Waals surface area contributed by atoms with E-state index in [4.69, 9.17) is 16.3 Å². The second kappa shape index (κ2) is 10.3. The van der Waals surface area contributed by atoms with Crippen LogP contribution in [0.1, 0.15) is 27.2 Å². The lowest BCUT2D eigenvalue weighted by Crippen LogP contribution is -2.05. The molecule has 5 nitrogen and oxygen atoms in total. The number of fused-ring (bicyclic) bond motifs is 1. The highest BCUT2D eigenvalue weighted by atomic mass is 35.5. The molecule has 1 aromatic heterocycles. The van der Waals surface area contributed by atoms with Gasteiger partial charge < -0.3 is 9.72 Å². The predicted octanol–water partition coefficient (Wildman–Crippen LogP) is 7.38. The summed E-state index contributed by atoms with van der Waals surface area (Å²) < 4.78 is 43.8. The van der Waals surface area contributed by atoms with Crippen molar-refractivity contribution < 1.29 is 22.3 Å². The number of ether oxygens (including phenoxy) is 1. The summed E-state index contributed by atoms with van der Waals surface area (Å²) in [5.41, 5.74) is 6.29. The number of H-pyrrole nitrogens is 1. The number of carbonyl (C=O) groups is 1. The number of esters is 1. The molecular formula is C31H25ClFNO4S. The van der Waals surface area contributed by atoms with Crippen LogP contribution in [0.25, 0.3) is 33.2 Å². The van der Waals surface area contributed by atoms with Gasteiger partial charge in [0.25, 0.3) is 0 Å². The SMILES string of the molecule is COC(=O)c1cc(Cc2[nH]c3cc(Cl)c(-c4ccc(-c5ccc(S(C)(=O)=O)cc5)cc4)cc3c2F)ccc1C. The zero-order valence-electron chi connectivity index (χ0n) is 21.5. The van der Waals surface area contributed by atoms with Crippen LogP contribution in [0, 0.1) is 12.7 Å². The monoisotopic (exact) mass is 561 g/mol. The van der Waals surface area contributed by atoms with Gasteiger partial charge in [-0.2, -0.15) is 0 Å².